The van der Waals surface area contributed by atoms with E-state index in [9.17, 15) is 0 Å². The van der Waals surface area contributed by atoms with Crippen LogP contribution < -0.4 is 5.32 Å². The van der Waals surface area contributed by atoms with Gasteiger partial charge in [-0.3, -0.25) is 4.90 Å². The molecule has 3 heteroatoms. The Labute approximate surface area is 111 Å². The van der Waals surface area contributed by atoms with E-state index >= 15 is 0 Å². The first-order chi connectivity index (χ1) is 8.79. The van der Waals surface area contributed by atoms with Crippen LogP contribution in [0, 0.1) is 5.92 Å². The summed E-state index contributed by atoms with van der Waals surface area (Å²) in [4.78, 5) is 2.74. The molecule has 1 N–H and O–H groups in total. The van der Waals surface area contributed by atoms with Crippen LogP contribution in [-0.2, 0) is 4.74 Å². The quantitative estimate of drug-likeness (QED) is 0.814. The zero-order valence-corrected chi connectivity index (χ0v) is 11.8. The molecule has 18 heavy (non-hydrogen) atoms. The molecule has 3 aliphatic rings. The average Bonchev–Trinajstić information content (AvgIpc) is 2.93. The first-order valence-corrected chi connectivity index (χ1v) is 7.86. The fourth-order valence-corrected chi connectivity index (χ4v) is 4.13. The fourth-order valence-electron chi connectivity index (χ4n) is 4.13. The van der Waals surface area contributed by atoms with Gasteiger partial charge >= 0.3 is 0 Å². The Morgan fingerprint density at radius 2 is 2.11 bits per heavy atom. The molecular weight excluding hydrogens is 224 g/mol. The second kappa shape index (κ2) is 5.48. The lowest BCUT2D eigenvalue weighted by Crippen LogP contribution is -2.63. The number of ether oxygens (including phenoxy) is 1. The van der Waals surface area contributed by atoms with Gasteiger partial charge in [-0.1, -0.05) is 19.3 Å². The molecular formula is C15H28N2O. The van der Waals surface area contributed by atoms with E-state index in [-0.39, 0.29) is 0 Å². The molecule has 0 aromatic carbocycles. The summed E-state index contributed by atoms with van der Waals surface area (Å²) in [6, 6.07) is 0.702. The molecule has 1 spiro atoms. The number of piperazine rings is 1. The van der Waals surface area contributed by atoms with Gasteiger partial charge in [0.2, 0.25) is 0 Å². The highest BCUT2D eigenvalue weighted by molar-refractivity contribution is 4.98. The third kappa shape index (κ3) is 2.59. The Morgan fingerprint density at radius 3 is 2.83 bits per heavy atom. The van der Waals surface area contributed by atoms with Crippen LogP contribution >= 0.6 is 0 Å². The summed E-state index contributed by atoms with van der Waals surface area (Å²) in [6.45, 7) is 8.05. The van der Waals surface area contributed by atoms with Gasteiger partial charge in [-0.15, -0.1) is 0 Å². The van der Waals surface area contributed by atoms with Gasteiger partial charge in [0.1, 0.15) is 0 Å². The van der Waals surface area contributed by atoms with Gasteiger partial charge in [0.05, 0.1) is 6.61 Å². The number of hydrogen-bond acceptors (Lipinski definition) is 3. The van der Waals surface area contributed by atoms with E-state index in [2.05, 4.69) is 17.1 Å². The van der Waals surface area contributed by atoms with E-state index in [4.69, 9.17) is 4.74 Å². The van der Waals surface area contributed by atoms with E-state index in [1.54, 1.807) is 0 Å². The molecule has 0 aromatic heterocycles. The molecule has 2 heterocycles. The molecule has 3 fully saturated rings. The van der Waals surface area contributed by atoms with Crippen LogP contribution in [0.1, 0.15) is 45.4 Å². The van der Waals surface area contributed by atoms with Crippen molar-refractivity contribution < 1.29 is 4.74 Å². The molecule has 2 saturated heterocycles. The van der Waals surface area contributed by atoms with Gasteiger partial charge in [-0.2, -0.15) is 0 Å². The maximum Gasteiger partial charge on any atom is 0.0509 e. The summed E-state index contributed by atoms with van der Waals surface area (Å²) in [5, 5.41) is 3.84. The summed E-state index contributed by atoms with van der Waals surface area (Å²) in [6.07, 6.45) is 8.31. The summed E-state index contributed by atoms with van der Waals surface area (Å²) < 4.78 is 5.56. The zero-order chi connectivity index (χ0) is 12.4. The molecule has 2 aliphatic heterocycles. The van der Waals surface area contributed by atoms with Crippen molar-refractivity contribution in [3.05, 3.63) is 0 Å². The summed E-state index contributed by atoms with van der Waals surface area (Å²) >= 11 is 0. The normalized spacial score (nSPS) is 34.8. The van der Waals surface area contributed by atoms with E-state index < -0.39 is 0 Å². The minimum absolute atomic E-state index is 0.449. The molecule has 1 aliphatic carbocycles. The van der Waals surface area contributed by atoms with Crippen molar-refractivity contribution in [1.82, 2.24) is 10.2 Å². The molecule has 1 saturated carbocycles. The Hall–Kier alpha value is -0.120. The Kier molecular flexibility index (Phi) is 3.92. The maximum atomic E-state index is 5.56. The van der Waals surface area contributed by atoms with Crippen LogP contribution in [0.2, 0.25) is 0 Å². The molecule has 0 amide bonds. The number of rotatable bonds is 2. The van der Waals surface area contributed by atoms with E-state index in [0.717, 1.165) is 19.1 Å². The highest BCUT2D eigenvalue weighted by Crippen LogP contribution is 2.32. The predicted octanol–water partition coefficient (Wildman–Crippen LogP) is 2.02. The van der Waals surface area contributed by atoms with Crippen molar-refractivity contribution in [2.45, 2.75) is 57.0 Å². The molecule has 2 unspecified atom stereocenters. The van der Waals surface area contributed by atoms with Crippen molar-refractivity contribution in [2.24, 2.45) is 5.92 Å². The molecule has 3 nitrogen and oxygen atoms in total. The third-order valence-corrected chi connectivity index (χ3v) is 5.44. The van der Waals surface area contributed by atoms with Crippen molar-refractivity contribution in [3.63, 3.8) is 0 Å². The van der Waals surface area contributed by atoms with Gasteiger partial charge < -0.3 is 10.1 Å². The summed E-state index contributed by atoms with van der Waals surface area (Å²) in [7, 11) is 0. The molecule has 104 valence electrons. The minimum atomic E-state index is 0.449. The minimum Gasteiger partial charge on any atom is -0.381 e. The Bertz CT molecular complexity index is 264. The monoisotopic (exact) mass is 252 g/mol. The zero-order valence-electron chi connectivity index (χ0n) is 11.8. The molecule has 0 radical (unpaired) electrons. The Morgan fingerprint density at radius 1 is 1.28 bits per heavy atom. The lowest BCUT2D eigenvalue weighted by molar-refractivity contribution is 0.0488. The summed E-state index contributed by atoms with van der Waals surface area (Å²) in [5.41, 5.74) is 0.449. The lowest BCUT2D eigenvalue weighted by Gasteiger charge is -2.48. The SMILES string of the molecule is CC(C1CCOC1)N1CCNC2(CCCCC2)C1. The van der Waals surface area contributed by atoms with Crippen molar-refractivity contribution in [1.29, 1.82) is 0 Å². The van der Waals surface area contributed by atoms with E-state index in [1.165, 1.54) is 58.2 Å². The Balaban J connectivity index is 1.62. The van der Waals surface area contributed by atoms with Crippen LogP contribution in [-0.4, -0.2) is 49.3 Å². The molecule has 0 bridgehead atoms. The van der Waals surface area contributed by atoms with E-state index in [1.807, 2.05) is 0 Å². The number of hydrogen-bond donors (Lipinski definition) is 1. The lowest BCUT2D eigenvalue weighted by atomic mass is 9.79. The highest BCUT2D eigenvalue weighted by atomic mass is 16.5. The number of nitrogens with zero attached hydrogens (tertiary/aromatic N) is 1. The van der Waals surface area contributed by atoms with Gasteiger partial charge in [-0.05, 0) is 32.1 Å². The van der Waals surface area contributed by atoms with Gasteiger partial charge in [0, 0.05) is 37.8 Å². The van der Waals surface area contributed by atoms with E-state index in [0.29, 0.717) is 11.6 Å². The smallest absolute Gasteiger partial charge is 0.0509 e. The average molecular weight is 252 g/mol. The third-order valence-electron chi connectivity index (χ3n) is 5.44. The maximum absolute atomic E-state index is 5.56. The molecule has 3 rings (SSSR count). The second-order valence-electron chi connectivity index (χ2n) is 6.60. The second-order valence-corrected chi connectivity index (χ2v) is 6.60. The van der Waals surface area contributed by atoms with Crippen LogP contribution in [0.4, 0.5) is 0 Å². The van der Waals surface area contributed by atoms with Crippen LogP contribution in [0.25, 0.3) is 0 Å². The van der Waals surface area contributed by atoms with Gasteiger partial charge in [0.15, 0.2) is 0 Å². The highest BCUT2D eigenvalue weighted by Gasteiger charge is 2.39. The van der Waals surface area contributed by atoms with Crippen LogP contribution in [0.15, 0.2) is 0 Å². The van der Waals surface area contributed by atoms with Crippen molar-refractivity contribution in [2.75, 3.05) is 32.8 Å². The fraction of sp³-hybridized carbons (Fsp3) is 1.00. The van der Waals surface area contributed by atoms with Crippen LogP contribution in [0.5, 0.6) is 0 Å². The predicted molar refractivity (Wildman–Crippen MR) is 73.8 cm³/mol. The van der Waals surface area contributed by atoms with Crippen molar-refractivity contribution in [3.8, 4) is 0 Å². The van der Waals surface area contributed by atoms with Crippen molar-refractivity contribution >= 4 is 0 Å². The first-order valence-electron chi connectivity index (χ1n) is 7.86. The van der Waals surface area contributed by atoms with Crippen LogP contribution in [0.3, 0.4) is 0 Å². The molecule has 2 atom stereocenters. The number of nitrogens with one attached hydrogen (secondary N) is 1. The topological polar surface area (TPSA) is 24.5 Å². The standard InChI is InChI=1S/C15H28N2O/c1-13(14-5-10-18-11-14)17-9-8-16-15(12-17)6-3-2-4-7-15/h13-14,16H,2-12H2,1H3. The first kappa shape index (κ1) is 12.9. The summed E-state index contributed by atoms with van der Waals surface area (Å²) in [5.74, 6) is 0.767. The van der Waals surface area contributed by atoms with Gasteiger partial charge in [-0.25, -0.2) is 0 Å². The molecule has 0 aromatic rings. The van der Waals surface area contributed by atoms with Gasteiger partial charge in [0.25, 0.3) is 0 Å². The largest absolute Gasteiger partial charge is 0.381 e.